The number of aromatic nitrogens is 1. The van der Waals surface area contributed by atoms with Crippen molar-refractivity contribution in [2.24, 2.45) is 0 Å². The van der Waals surface area contributed by atoms with Crippen molar-refractivity contribution in [1.29, 1.82) is 0 Å². The molecule has 3 rings (SSSR count). The van der Waals surface area contributed by atoms with Crippen molar-refractivity contribution in [3.63, 3.8) is 0 Å². The monoisotopic (exact) mass is 351 g/mol. The van der Waals surface area contributed by atoms with Crippen molar-refractivity contribution >= 4 is 38.1 Å². The summed E-state index contributed by atoms with van der Waals surface area (Å²) in [7, 11) is -3.20. The second-order valence-corrected chi connectivity index (χ2v) is 8.62. The molecule has 0 aliphatic carbocycles. The SMILES string of the molecule is Cc1nc(NC(=O)c2ccc(N3CCCS3(=O)=O)cc2)sc1C. The molecule has 1 aromatic carbocycles. The number of anilines is 2. The summed E-state index contributed by atoms with van der Waals surface area (Å²) >= 11 is 1.43. The van der Waals surface area contributed by atoms with Gasteiger partial charge < -0.3 is 0 Å². The van der Waals surface area contributed by atoms with E-state index >= 15 is 0 Å². The van der Waals surface area contributed by atoms with Gasteiger partial charge in [0.1, 0.15) is 0 Å². The molecule has 1 aromatic heterocycles. The quantitative estimate of drug-likeness (QED) is 0.922. The van der Waals surface area contributed by atoms with Crippen molar-refractivity contribution in [2.75, 3.05) is 21.9 Å². The van der Waals surface area contributed by atoms with Crippen LogP contribution in [-0.2, 0) is 10.0 Å². The Labute approximate surface area is 139 Å². The highest BCUT2D eigenvalue weighted by Crippen LogP contribution is 2.25. The van der Waals surface area contributed by atoms with Crippen LogP contribution in [0, 0.1) is 13.8 Å². The fourth-order valence-electron chi connectivity index (χ4n) is 2.40. The van der Waals surface area contributed by atoms with E-state index < -0.39 is 10.0 Å². The van der Waals surface area contributed by atoms with Gasteiger partial charge in [0.25, 0.3) is 5.91 Å². The maximum Gasteiger partial charge on any atom is 0.257 e. The normalized spacial score (nSPS) is 16.5. The Bertz CT molecular complexity index is 822. The molecule has 1 N–H and O–H groups in total. The number of aryl methyl sites for hydroxylation is 2. The average molecular weight is 351 g/mol. The predicted octanol–water partition coefficient (Wildman–Crippen LogP) is 2.55. The van der Waals surface area contributed by atoms with E-state index in [-0.39, 0.29) is 11.7 Å². The molecule has 1 amide bonds. The van der Waals surface area contributed by atoms with Crippen molar-refractivity contribution in [1.82, 2.24) is 4.98 Å². The van der Waals surface area contributed by atoms with Crippen LogP contribution in [-0.4, -0.2) is 31.6 Å². The number of benzene rings is 1. The summed E-state index contributed by atoms with van der Waals surface area (Å²) in [5.74, 6) is -0.0765. The number of nitrogens with one attached hydrogen (secondary N) is 1. The maximum atomic E-state index is 12.2. The van der Waals surface area contributed by atoms with Gasteiger partial charge in [-0.05, 0) is 44.5 Å². The Morgan fingerprint density at radius 2 is 1.96 bits per heavy atom. The van der Waals surface area contributed by atoms with E-state index in [0.717, 1.165) is 10.6 Å². The molecule has 1 fully saturated rings. The van der Waals surface area contributed by atoms with Crippen LogP contribution in [0.5, 0.6) is 0 Å². The molecule has 6 nitrogen and oxygen atoms in total. The van der Waals surface area contributed by atoms with Crippen LogP contribution in [0.2, 0.25) is 0 Å². The van der Waals surface area contributed by atoms with Gasteiger partial charge in [-0.1, -0.05) is 0 Å². The van der Waals surface area contributed by atoms with Crippen molar-refractivity contribution < 1.29 is 13.2 Å². The molecule has 1 saturated heterocycles. The molecule has 23 heavy (non-hydrogen) atoms. The molecule has 1 aliphatic rings. The molecule has 2 heterocycles. The van der Waals surface area contributed by atoms with E-state index in [1.807, 2.05) is 13.8 Å². The lowest BCUT2D eigenvalue weighted by molar-refractivity contribution is 0.102. The van der Waals surface area contributed by atoms with Gasteiger partial charge in [-0.25, -0.2) is 13.4 Å². The van der Waals surface area contributed by atoms with Gasteiger partial charge >= 0.3 is 0 Å². The Morgan fingerprint density at radius 3 is 2.48 bits per heavy atom. The van der Waals surface area contributed by atoms with Crippen LogP contribution in [0.1, 0.15) is 27.3 Å². The van der Waals surface area contributed by atoms with Crippen LogP contribution in [0.3, 0.4) is 0 Å². The molecule has 122 valence electrons. The third-order valence-electron chi connectivity index (χ3n) is 3.77. The minimum absolute atomic E-state index is 0.179. The van der Waals surface area contributed by atoms with E-state index in [1.54, 1.807) is 24.3 Å². The zero-order valence-corrected chi connectivity index (χ0v) is 14.5. The van der Waals surface area contributed by atoms with Gasteiger partial charge in [0.05, 0.1) is 17.1 Å². The molecule has 0 atom stereocenters. The van der Waals surface area contributed by atoms with Crippen molar-refractivity contribution in [2.45, 2.75) is 20.3 Å². The topological polar surface area (TPSA) is 79.4 Å². The highest BCUT2D eigenvalue weighted by Gasteiger charge is 2.28. The summed E-state index contributed by atoms with van der Waals surface area (Å²) in [5.41, 5.74) is 1.97. The lowest BCUT2D eigenvalue weighted by atomic mass is 10.2. The lowest BCUT2D eigenvalue weighted by Gasteiger charge is -2.16. The smallest absolute Gasteiger partial charge is 0.257 e. The molecular weight excluding hydrogens is 334 g/mol. The summed E-state index contributed by atoms with van der Waals surface area (Å²) in [6.45, 7) is 4.34. The molecule has 2 aromatic rings. The number of carbonyl (C=O) groups excluding carboxylic acids is 1. The summed E-state index contributed by atoms with van der Waals surface area (Å²) in [5, 5.41) is 3.33. The first-order valence-corrected chi connectivity index (χ1v) is 9.65. The Morgan fingerprint density at radius 1 is 1.26 bits per heavy atom. The first-order chi connectivity index (χ1) is 10.9. The van der Waals surface area contributed by atoms with E-state index in [2.05, 4.69) is 10.3 Å². The molecule has 0 spiro atoms. The van der Waals surface area contributed by atoms with Gasteiger partial charge in [-0.3, -0.25) is 14.4 Å². The molecular formula is C15H17N3O3S2. The first-order valence-electron chi connectivity index (χ1n) is 7.23. The Balaban J connectivity index is 1.75. The van der Waals surface area contributed by atoms with E-state index in [1.165, 1.54) is 15.6 Å². The largest absolute Gasteiger partial charge is 0.298 e. The summed E-state index contributed by atoms with van der Waals surface area (Å²) < 4.78 is 25.2. The highest BCUT2D eigenvalue weighted by molar-refractivity contribution is 7.93. The number of nitrogens with zero attached hydrogens (tertiary/aromatic N) is 2. The third kappa shape index (κ3) is 3.23. The number of hydrogen-bond acceptors (Lipinski definition) is 5. The number of sulfonamides is 1. The van der Waals surface area contributed by atoms with E-state index in [4.69, 9.17) is 0 Å². The number of hydrogen-bond donors (Lipinski definition) is 1. The molecule has 0 bridgehead atoms. The van der Waals surface area contributed by atoms with Gasteiger partial charge in [-0.15, -0.1) is 11.3 Å². The minimum atomic E-state index is -3.20. The molecule has 1 aliphatic heterocycles. The summed E-state index contributed by atoms with van der Waals surface area (Å²) in [6, 6.07) is 6.59. The van der Waals surface area contributed by atoms with Gasteiger partial charge in [-0.2, -0.15) is 0 Å². The van der Waals surface area contributed by atoms with E-state index in [0.29, 0.717) is 29.3 Å². The Kier molecular flexibility index (Phi) is 4.11. The van der Waals surface area contributed by atoms with Gasteiger partial charge in [0, 0.05) is 17.0 Å². The fourth-order valence-corrected chi connectivity index (χ4v) is 4.78. The van der Waals surface area contributed by atoms with Gasteiger partial charge in [0.2, 0.25) is 10.0 Å². The van der Waals surface area contributed by atoms with Gasteiger partial charge in [0.15, 0.2) is 5.13 Å². The summed E-state index contributed by atoms with van der Waals surface area (Å²) in [4.78, 5) is 17.6. The molecule has 0 saturated carbocycles. The third-order valence-corrected chi connectivity index (χ3v) is 6.62. The zero-order chi connectivity index (χ0) is 16.6. The predicted molar refractivity (Wildman–Crippen MR) is 91.7 cm³/mol. The molecule has 0 radical (unpaired) electrons. The standard InChI is InChI=1S/C15H17N3O3S2/c1-10-11(2)22-15(16-10)17-14(19)12-4-6-13(7-5-12)18-8-3-9-23(18,20)21/h4-7H,3,8-9H2,1-2H3,(H,16,17,19). The van der Waals surface area contributed by atoms with E-state index in [9.17, 15) is 13.2 Å². The average Bonchev–Trinajstić information content (AvgIpc) is 3.01. The summed E-state index contributed by atoms with van der Waals surface area (Å²) in [6.07, 6.45) is 0.632. The zero-order valence-electron chi connectivity index (χ0n) is 12.9. The number of carbonyl (C=O) groups is 1. The first kappa shape index (κ1) is 15.9. The lowest BCUT2D eigenvalue weighted by Crippen LogP contribution is -2.25. The molecule has 0 unspecified atom stereocenters. The van der Waals surface area contributed by atoms with Crippen LogP contribution in [0.4, 0.5) is 10.8 Å². The Hall–Kier alpha value is -1.93. The van der Waals surface area contributed by atoms with Crippen LogP contribution in [0.25, 0.3) is 0 Å². The molecule has 8 heteroatoms. The second kappa shape index (κ2) is 5.93. The number of thiazole rings is 1. The highest BCUT2D eigenvalue weighted by atomic mass is 32.2. The van der Waals surface area contributed by atoms with Crippen molar-refractivity contribution in [3.05, 3.63) is 40.4 Å². The van der Waals surface area contributed by atoms with Crippen LogP contribution in [0.15, 0.2) is 24.3 Å². The van der Waals surface area contributed by atoms with Crippen LogP contribution >= 0.6 is 11.3 Å². The minimum Gasteiger partial charge on any atom is -0.298 e. The number of rotatable bonds is 3. The van der Waals surface area contributed by atoms with Crippen molar-refractivity contribution in [3.8, 4) is 0 Å². The maximum absolute atomic E-state index is 12.2. The van der Waals surface area contributed by atoms with Crippen LogP contribution < -0.4 is 9.62 Å². The fraction of sp³-hybridized carbons (Fsp3) is 0.333. The second-order valence-electron chi connectivity index (χ2n) is 5.40. The number of amides is 1.